The van der Waals surface area contributed by atoms with Crippen LogP contribution in [0, 0.1) is 0 Å². The summed E-state index contributed by atoms with van der Waals surface area (Å²) in [5.41, 5.74) is 16.1. The number of fused-ring (bicyclic) bond motifs is 8. The van der Waals surface area contributed by atoms with Gasteiger partial charge < -0.3 is 4.57 Å². The second-order valence-corrected chi connectivity index (χ2v) is 15.7. The van der Waals surface area contributed by atoms with Gasteiger partial charge in [0.05, 0.1) is 33.5 Å². The van der Waals surface area contributed by atoms with E-state index < -0.39 is 0 Å². The van der Waals surface area contributed by atoms with Crippen molar-refractivity contribution in [1.29, 1.82) is 0 Å². The maximum Gasteiger partial charge on any atom is 0.0973 e. The molecule has 0 fully saturated rings. The second kappa shape index (κ2) is 14.3. The van der Waals surface area contributed by atoms with Crippen LogP contribution >= 0.6 is 0 Å². The van der Waals surface area contributed by atoms with Gasteiger partial charge in [0.25, 0.3) is 0 Å². The number of benzene rings is 10. The summed E-state index contributed by atoms with van der Waals surface area (Å²) >= 11 is 0. The van der Waals surface area contributed by atoms with Crippen molar-refractivity contribution in [2.75, 3.05) is 0 Å². The van der Waals surface area contributed by atoms with Crippen molar-refractivity contribution in [2.45, 2.75) is 0 Å². The summed E-state index contributed by atoms with van der Waals surface area (Å²) < 4.78 is 2.48. The first-order chi connectivity index (χ1) is 30.3. The van der Waals surface area contributed by atoms with E-state index in [1.165, 1.54) is 65.6 Å². The van der Waals surface area contributed by atoms with Gasteiger partial charge in [-0.25, -0.2) is 9.97 Å². The Bertz CT molecular complexity index is 3460. The van der Waals surface area contributed by atoms with Crippen LogP contribution in [0.25, 0.3) is 116 Å². The van der Waals surface area contributed by atoms with E-state index >= 15 is 0 Å². The highest BCUT2D eigenvalue weighted by molar-refractivity contribution is 6.31. The molecule has 2 aromatic heterocycles. The predicted molar refractivity (Wildman–Crippen MR) is 256 cm³/mol. The van der Waals surface area contributed by atoms with Crippen LogP contribution in [0.5, 0.6) is 0 Å². The molecule has 0 saturated heterocycles. The smallest absolute Gasteiger partial charge is 0.0973 e. The van der Waals surface area contributed by atoms with Crippen LogP contribution in [0.2, 0.25) is 0 Å². The normalized spacial score (nSPS) is 11.6. The molecule has 12 aromatic rings. The molecule has 0 saturated carbocycles. The minimum atomic E-state index is 0.864. The Morgan fingerprint density at radius 1 is 0.279 bits per heavy atom. The summed E-state index contributed by atoms with van der Waals surface area (Å²) in [4.78, 5) is 10.5. The minimum Gasteiger partial charge on any atom is -0.309 e. The average molecular weight is 776 g/mol. The Morgan fingerprint density at radius 3 is 1.15 bits per heavy atom. The third kappa shape index (κ3) is 5.82. The molecule has 3 heteroatoms. The Morgan fingerprint density at radius 2 is 0.672 bits per heavy atom. The minimum absolute atomic E-state index is 0.864. The van der Waals surface area contributed by atoms with Crippen LogP contribution in [0.1, 0.15) is 0 Å². The predicted octanol–water partition coefficient (Wildman–Crippen LogP) is 15.4. The molecule has 10 aromatic carbocycles. The van der Waals surface area contributed by atoms with E-state index in [4.69, 9.17) is 9.97 Å². The second-order valence-electron chi connectivity index (χ2n) is 15.7. The van der Waals surface area contributed by atoms with Gasteiger partial charge in [0, 0.05) is 27.6 Å². The molecule has 0 radical (unpaired) electrons. The fourth-order valence-electron chi connectivity index (χ4n) is 9.35. The molecule has 0 bridgehead atoms. The lowest BCUT2D eigenvalue weighted by Crippen LogP contribution is -1.96. The molecule has 61 heavy (non-hydrogen) atoms. The Kier molecular flexibility index (Phi) is 8.17. The number of hydrogen-bond donors (Lipinski definition) is 0. The van der Waals surface area contributed by atoms with E-state index in [1.807, 2.05) is 12.1 Å². The van der Waals surface area contributed by atoms with Gasteiger partial charge in [-0.05, 0) is 91.3 Å². The van der Waals surface area contributed by atoms with E-state index in [2.05, 4.69) is 217 Å². The van der Waals surface area contributed by atoms with E-state index in [0.29, 0.717) is 0 Å². The lowest BCUT2D eigenvalue weighted by atomic mass is 9.92. The Hall–Kier alpha value is -8.14. The quantitative estimate of drug-likeness (QED) is 0.168. The van der Waals surface area contributed by atoms with Crippen molar-refractivity contribution >= 4 is 54.4 Å². The summed E-state index contributed by atoms with van der Waals surface area (Å²) in [6, 6.07) is 80.4. The highest BCUT2D eigenvalue weighted by Crippen LogP contribution is 2.46. The lowest BCUT2D eigenvalue weighted by molar-refractivity contribution is 1.18. The lowest BCUT2D eigenvalue weighted by Gasteiger charge is -2.14. The van der Waals surface area contributed by atoms with Gasteiger partial charge in [0.15, 0.2) is 0 Å². The van der Waals surface area contributed by atoms with Gasteiger partial charge in [-0.2, -0.15) is 0 Å². The monoisotopic (exact) mass is 775 g/mol. The Labute approximate surface area is 353 Å². The summed E-state index contributed by atoms with van der Waals surface area (Å²) in [6.45, 7) is 0. The first-order valence-corrected chi connectivity index (χ1v) is 20.8. The molecule has 0 N–H and O–H groups in total. The molecule has 284 valence electrons. The number of rotatable bonds is 6. The molecular formula is C58H37N3. The molecule has 12 rings (SSSR count). The summed E-state index contributed by atoms with van der Waals surface area (Å²) in [6.07, 6.45) is 0. The van der Waals surface area contributed by atoms with Gasteiger partial charge in [-0.3, -0.25) is 0 Å². The summed E-state index contributed by atoms with van der Waals surface area (Å²) in [7, 11) is 0. The van der Waals surface area contributed by atoms with Crippen molar-refractivity contribution in [1.82, 2.24) is 14.5 Å². The van der Waals surface area contributed by atoms with Crippen molar-refractivity contribution in [3.05, 3.63) is 224 Å². The highest BCUT2D eigenvalue weighted by atomic mass is 15.0. The maximum atomic E-state index is 5.28. The molecule has 0 spiro atoms. The van der Waals surface area contributed by atoms with Crippen molar-refractivity contribution in [3.8, 4) is 61.6 Å². The fraction of sp³-hybridized carbons (Fsp3) is 0. The van der Waals surface area contributed by atoms with Crippen molar-refractivity contribution < 1.29 is 0 Å². The van der Waals surface area contributed by atoms with E-state index in [9.17, 15) is 0 Å². The average Bonchev–Trinajstić information content (AvgIpc) is 3.68. The van der Waals surface area contributed by atoms with Crippen LogP contribution in [-0.4, -0.2) is 14.5 Å². The van der Waals surface area contributed by atoms with E-state index in [-0.39, 0.29) is 0 Å². The molecule has 0 aliphatic carbocycles. The zero-order chi connectivity index (χ0) is 40.3. The molecule has 2 heterocycles. The van der Waals surface area contributed by atoms with Crippen LogP contribution in [0.4, 0.5) is 0 Å². The zero-order valence-electron chi connectivity index (χ0n) is 33.2. The topological polar surface area (TPSA) is 30.7 Å². The van der Waals surface area contributed by atoms with Crippen molar-refractivity contribution in [3.63, 3.8) is 0 Å². The number of hydrogen-bond acceptors (Lipinski definition) is 2. The van der Waals surface area contributed by atoms with E-state index in [0.717, 1.165) is 50.4 Å². The molecular weight excluding hydrogens is 739 g/mol. The first kappa shape index (κ1) is 34.9. The standard InChI is InChI=1S/C58H37N3/c1-5-17-39(18-6-1)49-36-53-55(47-27-15-13-25-45(47)49)56-48-28-16-14-26-46(48)50(40-19-7-2-8-20-40)37-54(56)61(53)44-32-29-38(30-33-44)43-31-34-51-52(35-43)60-58(42-23-11-4-12-24-42)57(59-51)41-21-9-3-10-22-41/h1-37H. The highest BCUT2D eigenvalue weighted by Gasteiger charge is 2.22. The van der Waals surface area contributed by atoms with Gasteiger partial charge >= 0.3 is 0 Å². The zero-order valence-corrected chi connectivity index (χ0v) is 33.2. The van der Waals surface area contributed by atoms with Crippen molar-refractivity contribution in [2.24, 2.45) is 0 Å². The largest absolute Gasteiger partial charge is 0.309 e. The molecule has 0 aliphatic heterocycles. The Balaban J connectivity index is 1.08. The maximum absolute atomic E-state index is 5.28. The van der Waals surface area contributed by atoms with Gasteiger partial charge in [-0.15, -0.1) is 0 Å². The van der Waals surface area contributed by atoms with Gasteiger partial charge in [0.2, 0.25) is 0 Å². The number of nitrogens with zero attached hydrogens (tertiary/aromatic N) is 3. The van der Waals surface area contributed by atoms with E-state index in [1.54, 1.807) is 0 Å². The summed E-state index contributed by atoms with van der Waals surface area (Å²) in [5, 5.41) is 7.53. The third-order valence-corrected chi connectivity index (χ3v) is 12.2. The molecule has 0 amide bonds. The van der Waals surface area contributed by atoms with Crippen LogP contribution in [0.3, 0.4) is 0 Å². The fourth-order valence-corrected chi connectivity index (χ4v) is 9.35. The number of aromatic nitrogens is 3. The van der Waals surface area contributed by atoms with Crippen LogP contribution in [-0.2, 0) is 0 Å². The molecule has 3 nitrogen and oxygen atoms in total. The summed E-state index contributed by atoms with van der Waals surface area (Å²) in [5.74, 6) is 0. The third-order valence-electron chi connectivity index (χ3n) is 12.2. The first-order valence-electron chi connectivity index (χ1n) is 20.8. The molecule has 0 unspecified atom stereocenters. The van der Waals surface area contributed by atoms with Crippen LogP contribution in [0.15, 0.2) is 224 Å². The molecule has 0 atom stereocenters. The molecule has 0 aliphatic rings. The van der Waals surface area contributed by atoms with Gasteiger partial charge in [0.1, 0.15) is 0 Å². The van der Waals surface area contributed by atoms with Gasteiger partial charge in [-0.1, -0.05) is 188 Å². The van der Waals surface area contributed by atoms with Crippen LogP contribution < -0.4 is 0 Å². The SMILES string of the molecule is c1ccc(-c2nc3ccc(-c4ccc(-n5c6cc(-c7ccccc7)c7ccccc7c6c6c7ccccc7c(-c7ccccc7)cc65)cc4)cc3nc2-c2ccccc2)cc1.